The molecule has 0 heterocycles. The van der Waals surface area contributed by atoms with Gasteiger partial charge in [0, 0.05) is 6.92 Å². The van der Waals surface area contributed by atoms with Crippen molar-refractivity contribution >= 4 is 16.8 Å². The van der Waals surface area contributed by atoms with Crippen LogP contribution < -0.4 is 0 Å². The minimum atomic E-state index is -3.06. The summed E-state index contributed by atoms with van der Waals surface area (Å²) in [5.41, 5.74) is -1.77. The van der Waals surface area contributed by atoms with Crippen LogP contribution in [-0.2, 0) is 4.79 Å². The van der Waals surface area contributed by atoms with Gasteiger partial charge in [-0.25, -0.2) is 8.78 Å². The summed E-state index contributed by atoms with van der Waals surface area (Å²) in [6.07, 6.45) is 0. The van der Waals surface area contributed by atoms with Crippen LogP contribution in [0.3, 0.4) is 0 Å². The summed E-state index contributed by atoms with van der Waals surface area (Å²) in [5, 5.41) is -1.01. The maximum atomic E-state index is 12.4. The zero-order chi connectivity index (χ0) is 8.58. The molecule has 10 heavy (non-hydrogen) atoms. The molecule has 60 valence electrons. The molecule has 0 aromatic heterocycles. The lowest BCUT2D eigenvalue weighted by molar-refractivity contribution is -0.140. The van der Waals surface area contributed by atoms with E-state index in [0.29, 0.717) is 6.92 Å². The number of carbonyl (C=O) groups is 1. The third-order valence-corrected chi connectivity index (χ3v) is 2.06. The molecule has 0 aliphatic carbocycles. The van der Waals surface area contributed by atoms with Gasteiger partial charge in [0.25, 0.3) is 5.92 Å². The fourth-order valence-corrected chi connectivity index (χ4v) is 0.338. The van der Waals surface area contributed by atoms with Gasteiger partial charge in [0.05, 0.1) is 0 Å². The Labute approximate surface area is 63.4 Å². The molecule has 0 bridgehead atoms. The van der Waals surface area contributed by atoms with E-state index in [9.17, 15) is 13.6 Å². The van der Waals surface area contributed by atoms with Crippen molar-refractivity contribution in [1.82, 2.24) is 0 Å². The van der Waals surface area contributed by atoms with Gasteiger partial charge in [-0.05, 0) is 25.4 Å². The third kappa shape index (κ3) is 1.66. The molecule has 0 amide bonds. The summed E-state index contributed by atoms with van der Waals surface area (Å²) in [6, 6.07) is 0. The summed E-state index contributed by atoms with van der Waals surface area (Å²) in [7, 11) is 0. The molecular weight excluding hydrogens is 162 g/mol. The van der Waals surface area contributed by atoms with Gasteiger partial charge < -0.3 is 0 Å². The van der Waals surface area contributed by atoms with E-state index in [-0.39, 0.29) is 0 Å². The fraction of sp³-hybridized carbons (Fsp3) is 0.833. The first-order valence-corrected chi connectivity index (χ1v) is 3.15. The number of hydrogen-bond acceptors (Lipinski definition) is 1. The highest BCUT2D eigenvalue weighted by Gasteiger charge is 2.47. The first kappa shape index (κ1) is 9.82. The highest BCUT2D eigenvalue weighted by molar-refractivity contribution is 6.64. The van der Waals surface area contributed by atoms with Gasteiger partial charge >= 0.3 is 0 Å². The molecule has 0 saturated heterocycles. The van der Waals surface area contributed by atoms with Gasteiger partial charge in [0.15, 0.2) is 0 Å². The van der Waals surface area contributed by atoms with Gasteiger partial charge in [-0.1, -0.05) is 0 Å². The van der Waals surface area contributed by atoms with Crippen LogP contribution in [0.5, 0.6) is 0 Å². The second-order valence-corrected chi connectivity index (χ2v) is 3.13. The SMILES string of the molecule is CC(F)(F)C(C)(C)C(=O)Cl. The van der Waals surface area contributed by atoms with Crippen molar-refractivity contribution in [2.75, 3.05) is 0 Å². The highest BCUT2D eigenvalue weighted by Crippen LogP contribution is 2.37. The Morgan fingerprint density at radius 3 is 1.60 bits per heavy atom. The second-order valence-electron chi connectivity index (χ2n) is 2.79. The maximum Gasteiger partial charge on any atom is 0.258 e. The Balaban J connectivity index is 4.57. The normalized spacial score (nSPS) is 13.4. The number of rotatable bonds is 2. The molecule has 0 N–H and O–H groups in total. The smallest absolute Gasteiger partial charge is 0.258 e. The summed E-state index contributed by atoms with van der Waals surface area (Å²) < 4.78 is 24.9. The Kier molecular flexibility index (Phi) is 2.41. The van der Waals surface area contributed by atoms with Gasteiger partial charge in [-0.3, -0.25) is 4.79 Å². The fourth-order valence-electron chi connectivity index (χ4n) is 0.173. The topological polar surface area (TPSA) is 17.1 Å². The molecule has 0 unspecified atom stereocenters. The lowest BCUT2D eigenvalue weighted by atomic mass is 9.88. The maximum absolute atomic E-state index is 12.4. The van der Waals surface area contributed by atoms with Gasteiger partial charge in [-0.15, -0.1) is 0 Å². The Hall–Kier alpha value is -0.180. The van der Waals surface area contributed by atoms with Crippen molar-refractivity contribution < 1.29 is 13.6 Å². The molecule has 0 saturated carbocycles. The molecule has 0 radical (unpaired) electrons. The number of halogens is 3. The Bertz CT molecular complexity index is 148. The van der Waals surface area contributed by atoms with E-state index in [0.717, 1.165) is 13.8 Å². The van der Waals surface area contributed by atoms with Gasteiger partial charge in [0.2, 0.25) is 5.24 Å². The summed E-state index contributed by atoms with van der Waals surface area (Å²) in [6.45, 7) is 2.90. The molecule has 0 atom stereocenters. The molecule has 0 aromatic carbocycles. The van der Waals surface area contributed by atoms with Crippen molar-refractivity contribution in [2.45, 2.75) is 26.7 Å². The lowest BCUT2D eigenvalue weighted by Crippen LogP contribution is -2.38. The summed E-state index contributed by atoms with van der Waals surface area (Å²) in [5.74, 6) is -3.06. The zero-order valence-electron chi connectivity index (χ0n) is 6.04. The van der Waals surface area contributed by atoms with Gasteiger partial charge in [-0.2, -0.15) is 0 Å². The largest absolute Gasteiger partial charge is 0.280 e. The monoisotopic (exact) mass is 170 g/mol. The average Bonchev–Trinajstić information content (AvgIpc) is 1.62. The van der Waals surface area contributed by atoms with Crippen LogP contribution in [0.25, 0.3) is 0 Å². The highest BCUT2D eigenvalue weighted by atomic mass is 35.5. The number of hydrogen-bond donors (Lipinski definition) is 0. The van der Waals surface area contributed by atoms with Crippen LogP contribution in [0.2, 0.25) is 0 Å². The lowest BCUT2D eigenvalue weighted by Gasteiger charge is -2.26. The molecule has 0 rings (SSSR count). The van der Waals surface area contributed by atoms with E-state index in [4.69, 9.17) is 11.6 Å². The molecular formula is C6H9ClF2O. The van der Waals surface area contributed by atoms with Crippen LogP contribution in [0.15, 0.2) is 0 Å². The zero-order valence-corrected chi connectivity index (χ0v) is 6.80. The molecule has 0 aliphatic rings. The molecule has 0 aromatic rings. The summed E-state index contributed by atoms with van der Waals surface area (Å²) in [4.78, 5) is 10.4. The second kappa shape index (κ2) is 2.46. The van der Waals surface area contributed by atoms with Gasteiger partial charge in [0.1, 0.15) is 5.41 Å². The van der Waals surface area contributed by atoms with E-state index in [1.807, 2.05) is 0 Å². The quantitative estimate of drug-likeness (QED) is 0.582. The van der Waals surface area contributed by atoms with E-state index < -0.39 is 16.6 Å². The van der Waals surface area contributed by atoms with E-state index >= 15 is 0 Å². The average molecular weight is 171 g/mol. The van der Waals surface area contributed by atoms with Crippen molar-refractivity contribution in [3.8, 4) is 0 Å². The predicted molar refractivity (Wildman–Crippen MR) is 35.3 cm³/mol. The van der Waals surface area contributed by atoms with Crippen molar-refractivity contribution in [3.05, 3.63) is 0 Å². The van der Waals surface area contributed by atoms with Crippen LogP contribution in [0.1, 0.15) is 20.8 Å². The van der Waals surface area contributed by atoms with Crippen LogP contribution in [0, 0.1) is 5.41 Å². The van der Waals surface area contributed by atoms with E-state index in [1.165, 1.54) is 0 Å². The first-order valence-electron chi connectivity index (χ1n) is 2.77. The van der Waals surface area contributed by atoms with Crippen molar-refractivity contribution in [2.24, 2.45) is 5.41 Å². The van der Waals surface area contributed by atoms with E-state index in [2.05, 4.69) is 0 Å². The van der Waals surface area contributed by atoms with E-state index in [1.54, 1.807) is 0 Å². The standard InChI is InChI=1S/C6H9ClF2O/c1-5(2,4(7)10)6(3,8)9/h1-3H3. The molecule has 0 spiro atoms. The van der Waals surface area contributed by atoms with Crippen LogP contribution in [-0.4, -0.2) is 11.2 Å². The molecule has 0 aliphatic heterocycles. The number of alkyl halides is 2. The minimum Gasteiger partial charge on any atom is -0.280 e. The van der Waals surface area contributed by atoms with Crippen LogP contribution in [0.4, 0.5) is 8.78 Å². The van der Waals surface area contributed by atoms with Crippen molar-refractivity contribution in [3.63, 3.8) is 0 Å². The van der Waals surface area contributed by atoms with Crippen molar-refractivity contribution in [1.29, 1.82) is 0 Å². The Morgan fingerprint density at radius 1 is 1.30 bits per heavy atom. The molecule has 0 fully saturated rings. The summed E-state index contributed by atoms with van der Waals surface area (Å²) >= 11 is 4.94. The number of carbonyl (C=O) groups excluding carboxylic acids is 1. The third-order valence-electron chi connectivity index (χ3n) is 1.59. The first-order chi connectivity index (χ1) is 4.19. The Morgan fingerprint density at radius 2 is 1.60 bits per heavy atom. The minimum absolute atomic E-state index is 0.674. The van der Waals surface area contributed by atoms with Crippen LogP contribution >= 0.6 is 11.6 Å². The predicted octanol–water partition coefficient (Wildman–Crippen LogP) is 2.43. The molecule has 4 heteroatoms. The molecule has 1 nitrogen and oxygen atoms in total.